The lowest BCUT2D eigenvalue weighted by atomic mass is 9.80. The van der Waals surface area contributed by atoms with Gasteiger partial charge in [0.2, 0.25) is 0 Å². The van der Waals surface area contributed by atoms with Gasteiger partial charge in [0, 0.05) is 16.3 Å². The maximum absolute atomic E-state index is 12.5. The average Bonchev–Trinajstić information content (AvgIpc) is 2.45. The third-order valence-corrected chi connectivity index (χ3v) is 4.28. The van der Waals surface area contributed by atoms with Gasteiger partial charge in [-0.25, -0.2) is 0 Å². The quantitative estimate of drug-likeness (QED) is 0.692. The summed E-state index contributed by atoms with van der Waals surface area (Å²) in [4.78, 5) is 12.5. The molecule has 0 saturated carbocycles. The molecule has 0 aliphatic rings. The first-order valence-electron chi connectivity index (χ1n) is 8.20. The Morgan fingerprint density at radius 2 is 1.29 bits per heavy atom. The second-order valence-corrected chi connectivity index (χ2v) is 8.70. The summed E-state index contributed by atoms with van der Waals surface area (Å²) in [5.41, 5.74) is 3.87. The van der Waals surface area contributed by atoms with E-state index in [9.17, 15) is 4.79 Å². The van der Waals surface area contributed by atoms with Crippen LogP contribution in [0.3, 0.4) is 0 Å². The number of anilines is 1. The monoisotopic (exact) mass is 343 g/mol. The predicted molar refractivity (Wildman–Crippen MR) is 103 cm³/mol. The number of benzene rings is 2. The lowest BCUT2D eigenvalue weighted by Crippen LogP contribution is -2.18. The summed E-state index contributed by atoms with van der Waals surface area (Å²) in [5, 5.41) is 3.64. The lowest BCUT2D eigenvalue weighted by Gasteiger charge is -2.26. The van der Waals surface area contributed by atoms with Crippen LogP contribution < -0.4 is 5.32 Å². The summed E-state index contributed by atoms with van der Waals surface area (Å²) >= 11 is 5.89. The highest BCUT2D eigenvalue weighted by Crippen LogP contribution is 2.32. The molecule has 0 aliphatic heterocycles. The molecule has 0 radical (unpaired) electrons. The van der Waals surface area contributed by atoms with E-state index in [4.69, 9.17) is 11.6 Å². The zero-order chi connectivity index (χ0) is 18.1. The third-order valence-electron chi connectivity index (χ3n) is 4.03. The molecular weight excluding hydrogens is 318 g/mol. The maximum Gasteiger partial charge on any atom is 0.255 e. The van der Waals surface area contributed by atoms with Crippen LogP contribution in [0.5, 0.6) is 0 Å². The zero-order valence-corrected chi connectivity index (χ0v) is 16.1. The molecule has 2 aromatic rings. The fourth-order valence-electron chi connectivity index (χ4n) is 2.37. The van der Waals surface area contributed by atoms with Gasteiger partial charge < -0.3 is 5.32 Å². The van der Waals surface area contributed by atoms with Gasteiger partial charge in [-0.15, -0.1) is 0 Å². The summed E-state index contributed by atoms with van der Waals surface area (Å²) in [6.07, 6.45) is 0. The standard InChI is InChI=1S/C21H26ClNO/c1-20(2,3)15-11-16(21(4,5)6)13-18(12-15)23-19(24)14-7-9-17(22)10-8-14/h7-13H,1-6H3,(H,23,24). The molecule has 1 amide bonds. The molecule has 0 spiro atoms. The average molecular weight is 344 g/mol. The Hall–Kier alpha value is -1.80. The van der Waals surface area contributed by atoms with Crippen molar-refractivity contribution in [1.29, 1.82) is 0 Å². The normalized spacial score (nSPS) is 12.1. The number of nitrogens with one attached hydrogen (secondary N) is 1. The van der Waals surface area contributed by atoms with Gasteiger partial charge in [-0.05, 0) is 58.4 Å². The van der Waals surface area contributed by atoms with Crippen LogP contribution in [0.25, 0.3) is 0 Å². The molecule has 0 bridgehead atoms. The van der Waals surface area contributed by atoms with Crippen molar-refractivity contribution in [2.75, 3.05) is 5.32 Å². The van der Waals surface area contributed by atoms with Crippen molar-refractivity contribution < 1.29 is 4.79 Å². The summed E-state index contributed by atoms with van der Waals surface area (Å²) in [5.74, 6) is -0.127. The fraction of sp³-hybridized carbons (Fsp3) is 0.381. The minimum Gasteiger partial charge on any atom is -0.322 e. The molecule has 0 fully saturated rings. The van der Waals surface area contributed by atoms with E-state index >= 15 is 0 Å². The first kappa shape index (κ1) is 18.5. The molecule has 1 N–H and O–H groups in total. The number of hydrogen-bond acceptors (Lipinski definition) is 1. The maximum atomic E-state index is 12.5. The summed E-state index contributed by atoms with van der Waals surface area (Å²) in [6.45, 7) is 13.1. The Morgan fingerprint density at radius 1 is 0.833 bits per heavy atom. The second kappa shape index (κ2) is 6.60. The smallest absolute Gasteiger partial charge is 0.255 e. The van der Waals surface area contributed by atoms with Crippen LogP contribution in [-0.2, 0) is 10.8 Å². The van der Waals surface area contributed by atoms with Gasteiger partial charge >= 0.3 is 0 Å². The van der Waals surface area contributed by atoms with Gasteiger partial charge in [-0.2, -0.15) is 0 Å². The molecule has 0 saturated heterocycles. The largest absolute Gasteiger partial charge is 0.322 e. The van der Waals surface area contributed by atoms with Crippen molar-refractivity contribution in [2.24, 2.45) is 0 Å². The highest BCUT2D eigenvalue weighted by Gasteiger charge is 2.21. The SMILES string of the molecule is CC(C)(C)c1cc(NC(=O)c2ccc(Cl)cc2)cc(C(C)(C)C)c1. The zero-order valence-electron chi connectivity index (χ0n) is 15.3. The van der Waals surface area contributed by atoms with Crippen LogP contribution in [0.1, 0.15) is 63.0 Å². The number of carbonyl (C=O) groups is 1. The number of amides is 1. The molecule has 2 rings (SSSR count). The predicted octanol–water partition coefficient (Wildman–Crippen LogP) is 6.19. The van der Waals surface area contributed by atoms with Gasteiger partial charge in [0.1, 0.15) is 0 Å². The molecule has 2 aromatic carbocycles. The van der Waals surface area contributed by atoms with Crippen LogP contribution >= 0.6 is 11.6 Å². The first-order chi connectivity index (χ1) is 11.0. The van der Waals surface area contributed by atoms with E-state index in [0.717, 1.165) is 5.69 Å². The Balaban J connectivity index is 2.38. The Kier molecular flexibility index (Phi) is 5.10. The van der Waals surface area contributed by atoms with E-state index in [-0.39, 0.29) is 16.7 Å². The molecule has 0 aromatic heterocycles. The van der Waals surface area contributed by atoms with E-state index in [1.54, 1.807) is 24.3 Å². The van der Waals surface area contributed by atoms with Crippen molar-refractivity contribution in [1.82, 2.24) is 0 Å². The minimum atomic E-state index is -0.127. The molecule has 2 nitrogen and oxygen atoms in total. The highest BCUT2D eigenvalue weighted by molar-refractivity contribution is 6.30. The van der Waals surface area contributed by atoms with Crippen molar-refractivity contribution in [2.45, 2.75) is 52.4 Å². The highest BCUT2D eigenvalue weighted by atomic mass is 35.5. The fourth-order valence-corrected chi connectivity index (χ4v) is 2.50. The van der Waals surface area contributed by atoms with Crippen LogP contribution in [0.15, 0.2) is 42.5 Å². The summed E-state index contributed by atoms with van der Waals surface area (Å²) < 4.78 is 0. The van der Waals surface area contributed by atoms with Gasteiger partial charge in [0.15, 0.2) is 0 Å². The summed E-state index contributed by atoms with van der Waals surface area (Å²) in [7, 11) is 0. The molecule has 0 unspecified atom stereocenters. The summed E-state index contributed by atoms with van der Waals surface area (Å²) in [6, 6.07) is 13.3. The van der Waals surface area contributed by atoms with Crippen molar-refractivity contribution in [3.8, 4) is 0 Å². The molecule has 0 heterocycles. The number of halogens is 1. The van der Waals surface area contributed by atoms with Gasteiger partial charge in [0.25, 0.3) is 5.91 Å². The van der Waals surface area contributed by atoms with Crippen molar-refractivity contribution in [3.63, 3.8) is 0 Å². The Bertz CT molecular complexity index is 702. The van der Waals surface area contributed by atoms with Crippen LogP contribution in [0.2, 0.25) is 5.02 Å². The van der Waals surface area contributed by atoms with Gasteiger partial charge in [0.05, 0.1) is 0 Å². The number of carbonyl (C=O) groups excluding carboxylic acids is 1. The van der Waals surface area contributed by atoms with Crippen molar-refractivity contribution in [3.05, 3.63) is 64.2 Å². The molecule has 3 heteroatoms. The van der Waals surface area contributed by atoms with Crippen LogP contribution in [-0.4, -0.2) is 5.91 Å². The minimum absolute atomic E-state index is 0.0149. The number of hydrogen-bond donors (Lipinski definition) is 1. The number of rotatable bonds is 2. The van der Waals surface area contributed by atoms with Gasteiger partial charge in [-0.3, -0.25) is 4.79 Å². The Morgan fingerprint density at radius 3 is 1.71 bits per heavy atom. The Labute approximate surface area is 150 Å². The molecule has 0 atom stereocenters. The van der Waals surface area contributed by atoms with E-state index in [0.29, 0.717) is 10.6 Å². The van der Waals surface area contributed by atoms with E-state index in [2.05, 4.69) is 65.1 Å². The third kappa shape index (κ3) is 4.61. The first-order valence-corrected chi connectivity index (χ1v) is 8.57. The topological polar surface area (TPSA) is 29.1 Å². The lowest BCUT2D eigenvalue weighted by molar-refractivity contribution is 0.102. The second-order valence-electron chi connectivity index (χ2n) is 8.26. The van der Waals surface area contributed by atoms with Crippen molar-refractivity contribution >= 4 is 23.2 Å². The van der Waals surface area contributed by atoms with E-state index in [1.807, 2.05) is 0 Å². The van der Waals surface area contributed by atoms with E-state index in [1.165, 1.54) is 11.1 Å². The van der Waals surface area contributed by atoms with Crippen LogP contribution in [0.4, 0.5) is 5.69 Å². The van der Waals surface area contributed by atoms with Crippen LogP contribution in [0, 0.1) is 0 Å². The van der Waals surface area contributed by atoms with Gasteiger partial charge in [-0.1, -0.05) is 59.2 Å². The van der Waals surface area contributed by atoms with E-state index < -0.39 is 0 Å². The molecule has 128 valence electrons. The molecular formula is C21H26ClNO. The molecule has 0 aliphatic carbocycles. The molecule has 24 heavy (non-hydrogen) atoms.